The van der Waals surface area contributed by atoms with Gasteiger partial charge < -0.3 is 15.4 Å². The van der Waals surface area contributed by atoms with Gasteiger partial charge in [-0.2, -0.15) is 11.8 Å². The number of aliphatic imine (C=N–C) groups is 1. The molecule has 1 atom stereocenters. The molecule has 0 saturated carbocycles. The van der Waals surface area contributed by atoms with Crippen LogP contribution in [0.2, 0.25) is 0 Å². The molecule has 4 nitrogen and oxygen atoms in total. The average Bonchev–Trinajstić information content (AvgIpc) is 2.52. The van der Waals surface area contributed by atoms with Gasteiger partial charge in [0.15, 0.2) is 17.5 Å². The van der Waals surface area contributed by atoms with E-state index >= 15 is 0 Å². The van der Waals surface area contributed by atoms with Crippen molar-refractivity contribution in [1.29, 1.82) is 0 Å². The Morgan fingerprint density at radius 2 is 2.08 bits per heavy atom. The summed E-state index contributed by atoms with van der Waals surface area (Å²) in [6.45, 7) is 9.80. The minimum Gasteiger partial charge on any atom is -0.494 e. The molecule has 0 saturated heterocycles. The number of ether oxygens (including phenoxy) is 1. The molecule has 0 bridgehead atoms. The Hall–Kier alpha value is -0.700. The average molecular weight is 469 g/mol. The van der Waals surface area contributed by atoms with Crippen LogP contribution in [0.25, 0.3) is 0 Å². The third-order valence-corrected chi connectivity index (χ3v) is 4.78. The van der Waals surface area contributed by atoms with Crippen molar-refractivity contribution in [2.75, 3.05) is 26.5 Å². The summed E-state index contributed by atoms with van der Waals surface area (Å²) in [4.78, 5) is 4.63. The number of nitrogens with zero attached hydrogens (tertiary/aromatic N) is 1. The number of halogens is 2. The van der Waals surface area contributed by atoms with E-state index in [-0.39, 0.29) is 46.3 Å². The van der Waals surface area contributed by atoms with E-state index in [1.807, 2.05) is 19.9 Å². The van der Waals surface area contributed by atoms with Gasteiger partial charge in [-0.1, -0.05) is 6.07 Å². The molecule has 0 heterocycles. The topological polar surface area (TPSA) is 45.7 Å². The SMILES string of the molecule is CCNC(=NCC(C)(C)SC)NC(C)c1ccc(OC)c(F)c1.I. The standard InChI is InChI=1S/C17H28FN3OS.HI/c1-7-19-16(20-11-17(3,4)23-6)21-12(2)13-8-9-15(22-5)14(18)10-13;/h8-10,12H,7,11H2,1-6H3,(H2,19,20,21);1H. The molecule has 138 valence electrons. The van der Waals surface area contributed by atoms with Gasteiger partial charge in [0.1, 0.15) is 0 Å². The molecule has 0 spiro atoms. The summed E-state index contributed by atoms with van der Waals surface area (Å²) < 4.78 is 18.9. The van der Waals surface area contributed by atoms with Crippen molar-refractivity contribution < 1.29 is 9.13 Å². The third-order valence-electron chi connectivity index (χ3n) is 3.54. The molecule has 1 unspecified atom stereocenters. The predicted octanol–water partition coefficient (Wildman–Crippen LogP) is 4.21. The Balaban J connectivity index is 0.00000529. The van der Waals surface area contributed by atoms with Crippen LogP contribution in [0.4, 0.5) is 4.39 Å². The molecule has 2 N–H and O–H groups in total. The highest BCUT2D eigenvalue weighted by molar-refractivity contribution is 14.0. The van der Waals surface area contributed by atoms with Crippen LogP contribution in [0.1, 0.15) is 39.3 Å². The van der Waals surface area contributed by atoms with Crippen LogP contribution < -0.4 is 15.4 Å². The predicted molar refractivity (Wildman–Crippen MR) is 113 cm³/mol. The Kier molecular flexibility index (Phi) is 10.7. The number of guanidine groups is 1. The first-order chi connectivity index (χ1) is 10.8. The Labute approximate surface area is 166 Å². The molecular formula is C17H29FIN3OS. The van der Waals surface area contributed by atoms with Crippen LogP contribution >= 0.6 is 35.7 Å². The smallest absolute Gasteiger partial charge is 0.191 e. The lowest BCUT2D eigenvalue weighted by Crippen LogP contribution is -2.39. The molecule has 0 radical (unpaired) electrons. The van der Waals surface area contributed by atoms with E-state index in [1.54, 1.807) is 17.8 Å². The van der Waals surface area contributed by atoms with E-state index < -0.39 is 0 Å². The van der Waals surface area contributed by atoms with Crippen LogP contribution in [-0.2, 0) is 0 Å². The molecule has 1 aromatic rings. The second-order valence-corrected chi connectivity index (χ2v) is 7.43. The lowest BCUT2D eigenvalue weighted by molar-refractivity contribution is 0.386. The van der Waals surface area contributed by atoms with E-state index in [4.69, 9.17) is 4.74 Å². The monoisotopic (exact) mass is 469 g/mol. The van der Waals surface area contributed by atoms with E-state index in [0.717, 1.165) is 18.1 Å². The number of methoxy groups -OCH3 is 1. The summed E-state index contributed by atoms with van der Waals surface area (Å²) >= 11 is 1.78. The van der Waals surface area contributed by atoms with Gasteiger partial charge in [-0.25, -0.2) is 4.39 Å². The number of benzene rings is 1. The van der Waals surface area contributed by atoms with Gasteiger partial charge >= 0.3 is 0 Å². The Morgan fingerprint density at radius 1 is 1.42 bits per heavy atom. The van der Waals surface area contributed by atoms with E-state index in [2.05, 4.69) is 35.7 Å². The first-order valence-electron chi connectivity index (χ1n) is 7.76. The van der Waals surface area contributed by atoms with E-state index in [0.29, 0.717) is 6.54 Å². The molecule has 1 rings (SSSR count). The Bertz CT molecular complexity index is 541. The number of hydrogen-bond acceptors (Lipinski definition) is 3. The van der Waals surface area contributed by atoms with Crippen LogP contribution in [0.15, 0.2) is 23.2 Å². The van der Waals surface area contributed by atoms with Gasteiger partial charge in [0.2, 0.25) is 0 Å². The zero-order valence-corrected chi connectivity index (χ0v) is 18.4. The number of rotatable bonds is 7. The van der Waals surface area contributed by atoms with Crippen molar-refractivity contribution in [3.63, 3.8) is 0 Å². The first-order valence-corrected chi connectivity index (χ1v) is 8.99. The van der Waals surface area contributed by atoms with E-state index in [9.17, 15) is 4.39 Å². The molecule has 7 heteroatoms. The molecule has 0 fully saturated rings. The van der Waals surface area contributed by atoms with Gasteiger partial charge in [-0.3, -0.25) is 4.99 Å². The maximum Gasteiger partial charge on any atom is 0.191 e. The van der Waals surface area contributed by atoms with Gasteiger partial charge in [0.05, 0.1) is 19.7 Å². The molecule has 0 aliphatic carbocycles. The van der Waals surface area contributed by atoms with Crippen molar-refractivity contribution in [3.8, 4) is 5.75 Å². The van der Waals surface area contributed by atoms with Crippen LogP contribution in [0.3, 0.4) is 0 Å². The molecule has 0 aliphatic rings. The fraction of sp³-hybridized carbons (Fsp3) is 0.588. The van der Waals surface area contributed by atoms with Gasteiger partial charge in [-0.05, 0) is 51.6 Å². The summed E-state index contributed by atoms with van der Waals surface area (Å²) in [7, 11) is 1.46. The number of thioether (sulfide) groups is 1. The lowest BCUT2D eigenvalue weighted by Gasteiger charge is -2.22. The molecule has 0 aliphatic heterocycles. The third kappa shape index (κ3) is 7.46. The van der Waals surface area contributed by atoms with Crippen molar-refractivity contribution in [2.45, 2.75) is 38.5 Å². The lowest BCUT2D eigenvalue weighted by atomic mass is 10.1. The summed E-state index contributed by atoms with van der Waals surface area (Å²) in [5.41, 5.74) is 0.845. The second-order valence-electron chi connectivity index (χ2n) is 5.92. The second kappa shape index (κ2) is 11.0. The van der Waals surface area contributed by atoms with E-state index in [1.165, 1.54) is 13.2 Å². The quantitative estimate of drug-likeness (QED) is 0.357. The summed E-state index contributed by atoms with van der Waals surface area (Å²) in [6.07, 6.45) is 2.08. The molecule has 24 heavy (non-hydrogen) atoms. The zero-order chi connectivity index (χ0) is 17.5. The summed E-state index contributed by atoms with van der Waals surface area (Å²) in [5.74, 6) is 0.630. The van der Waals surface area contributed by atoms with Crippen molar-refractivity contribution in [2.24, 2.45) is 4.99 Å². The highest BCUT2D eigenvalue weighted by Crippen LogP contribution is 2.22. The van der Waals surface area contributed by atoms with Gasteiger partial charge in [0.25, 0.3) is 0 Å². The highest BCUT2D eigenvalue weighted by Gasteiger charge is 2.16. The fourth-order valence-corrected chi connectivity index (χ4v) is 2.09. The summed E-state index contributed by atoms with van der Waals surface area (Å²) in [5, 5.41) is 6.55. The zero-order valence-electron chi connectivity index (χ0n) is 15.3. The maximum absolute atomic E-state index is 13.8. The summed E-state index contributed by atoms with van der Waals surface area (Å²) in [6, 6.07) is 4.93. The van der Waals surface area contributed by atoms with Crippen molar-refractivity contribution in [3.05, 3.63) is 29.6 Å². The van der Waals surface area contributed by atoms with Gasteiger partial charge in [-0.15, -0.1) is 24.0 Å². The maximum atomic E-state index is 13.8. The molecule has 0 amide bonds. The van der Waals surface area contributed by atoms with Crippen molar-refractivity contribution in [1.82, 2.24) is 10.6 Å². The van der Waals surface area contributed by atoms with Crippen LogP contribution in [0, 0.1) is 5.82 Å². The first kappa shape index (κ1) is 23.3. The highest BCUT2D eigenvalue weighted by atomic mass is 127. The van der Waals surface area contributed by atoms with Crippen LogP contribution in [0.5, 0.6) is 5.75 Å². The number of hydrogen-bond donors (Lipinski definition) is 2. The minimum atomic E-state index is -0.357. The van der Waals surface area contributed by atoms with Crippen LogP contribution in [-0.4, -0.2) is 37.2 Å². The normalized spacial score (nSPS) is 13.0. The Morgan fingerprint density at radius 3 is 2.58 bits per heavy atom. The fourth-order valence-electron chi connectivity index (χ4n) is 1.89. The molecule has 1 aromatic carbocycles. The molecular weight excluding hydrogens is 440 g/mol. The van der Waals surface area contributed by atoms with Crippen molar-refractivity contribution >= 4 is 41.7 Å². The van der Waals surface area contributed by atoms with Gasteiger partial charge in [0, 0.05) is 11.3 Å². The minimum absolute atomic E-state index is 0. The number of nitrogens with one attached hydrogen (secondary N) is 2. The molecule has 0 aromatic heterocycles. The largest absolute Gasteiger partial charge is 0.494 e.